The Morgan fingerprint density at radius 1 is 0.415 bits per heavy atom. The Hall–Kier alpha value is -6.34. The van der Waals surface area contributed by atoms with E-state index >= 15 is 4.57 Å². The van der Waals surface area contributed by atoms with E-state index in [0.717, 1.165) is 43.5 Å². The summed E-state index contributed by atoms with van der Waals surface area (Å²) in [6.45, 7) is 0. The van der Waals surface area contributed by atoms with Crippen LogP contribution in [0.25, 0.3) is 44.1 Å². The van der Waals surface area contributed by atoms with Crippen molar-refractivity contribution in [1.29, 1.82) is 0 Å². The fourth-order valence-corrected chi connectivity index (χ4v) is 11.4. The van der Waals surface area contributed by atoms with Crippen LogP contribution in [0.4, 0.5) is 0 Å². The summed E-state index contributed by atoms with van der Waals surface area (Å²) in [5.74, 6) is 0. The minimum absolute atomic E-state index is 0.520. The van der Waals surface area contributed by atoms with E-state index in [0.29, 0.717) is 0 Å². The van der Waals surface area contributed by atoms with E-state index in [-0.39, 0.29) is 0 Å². The molecule has 250 valence electrons. The van der Waals surface area contributed by atoms with Gasteiger partial charge in [-0.25, -0.2) is 4.98 Å². The van der Waals surface area contributed by atoms with Crippen LogP contribution in [0.1, 0.15) is 22.3 Å². The number of para-hydroxylation sites is 1. The van der Waals surface area contributed by atoms with Crippen molar-refractivity contribution in [2.24, 2.45) is 0 Å². The number of nitrogens with zero attached hydrogens (tertiary/aromatic N) is 1. The molecule has 0 bridgehead atoms. The van der Waals surface area contributed by atoms with Crippen LogP contribution in [0.3, 0.4) is 0 Å². The largest absolute Gasteiger partial charge is 0.309 e. The molecule has 0 saturated carbocycles. The predicted octanol–water partition coefficient (Wildman–Crippen LogP) is 11.1. The van der Waals surface area contributed by atoms with Gasteiger partial charge in [0.15, 0.2) is 7.14 Å². The standard InChI is InChI=1S/C50H34NOP/c52-53(38-21-9-3-10-22-38,39-23-11-4-12-24-39)40-31-29-35(30-32-40)49-48-42(41-25-14-16-28-46(41)51-49)33-34-45-47(48)43-26-13-15-27-44(43)50(45,36-17-5-1-6-18-36)37-19-7-2-8-20-37/h1-34H. The molecule has 1 heterocycles. The molecule has 0 amide bonds. The van der Waals surface area contributed by atoms with Crippen LogP contribution in [0, 0.1) is 0 Å². The smallest absolute Gasteiger partial charge is 0.171 e. The maximum absolute atomic E-state index is 15.3. The molecule has 9 aromatic rings. The van der Waals surface area contributed by atoms with Gasteiger partial charge >= 0.3 is 0 Å². The molecule has 0 atom stereocenters. The maximum Gasteiger partial charge on any atom is 0.171 e. The van der Waals surface area contributed by atoms with Crippen LogP contribution < -0.4 is 15.9 Å². The van der Waals surface area contributed by atoms with Crippen LogP contribution in [-0.4, -0.2) is 4.98 Å². The molecule has 1 aliphatic rings. The summed E-state index contributed by atoms with van der Waals surface area (Å²) in [5, 5.41) is 5.86. The SMILES string of the molecule is O=P(c1ccccc1)(c1ccccc1)c1ccc(-c2nc3ccccc3c3ccc4c(c23)-c2ccccc2C4(c2ccccc2)c2ccccc2)cc1. The molecule has 0 spiro atoms. The molecule has 1 aromatic heterocycles. The average molecular weight is 696 g/mol. The van der Waals surface area contributed by atoms with Gasteiger partial charge in [0, 0.05) is 32.2 Å². The van der Waals surface area contributed by atoms with Crippen molar-refractivity contribution in [2.45, 2.75) is 5.41 Å². The lowest BCUT2D eigenvalue weighted by atomic mass is 9.67. The Labute approximate surface area is 309 Å². The van der Waals surface area contributed by atoms with Gasteiger partial charge in [-0.05, 0) is 44.8 Å². The highest BCUT2D eigenvalue weighted by Crippen LogP contribution is 2.59. The van der Waals surface area contributed by atoms with E-state index in [1.54, 1.807) is 0 Å². The molecular formula is C50H34NOP. The number of pyridine rings is 1. The van der Waals surface area contributed by atoms with E-state index in [4.69, 9.17) is 4.98 Å². The second-order valence-electron chi connectivity index (χ2n) is 13.7. The highest BCUT2D eigenvalue weighted by molar-refractivity contribution is 7.85. The monoisotopic (exact) mass is 695 g/mol. The summed E-state index contributed by atoms with van der Waals surface area (Å²) in [7, 11) is -3.14. The third-order valence-corrected chi connectivity index (χ3v) is 14.1. The topological polar surface area (TPSA) is 30.0 Å². The minimum Gasteiger partial charge on any atom is -0.309 e. The predicted molar refractivity (Wildman–Crippen MR) is 221 cm³/mol. The van der Waals surface area contributed by atoms with E-state index in [1.165, 1.54) is 38.8 Å². The van der Waals surface area contributed by atoms with Crippen molar-refractivity contribution in [3.05, 3.63) is 229 Å². The van der Waals surface area contributed by atoms with Crippen LogP contribution in [0.5, 0.6) is 0 Å². The summed E-state index contributed by atoms with van der Waals surface area (Å²) in [6.07, 6.45) is 0. The van der Waals surface area contributed by atoms with Gasteiger partial charge in [-0.2, -0.15) is 0 Å². The molecule has 2 nitrogen and oxygen atoms in total. The van der Waals surface area contributed by atoms with Gasteiger partial charge in [-0.15, -0.1) is 0 Å². The number of hydrogen-bond donors (Lipinski definition) is 0. The Morgan fingerprint density at radius 3 is 1.55 bits per heavy atom. The van der Waals surface area contributed by atoms with Crippen LogP contribution in [-0.2, 0) is 9.98 Å². The summed E-state index contributed by atoms with van der Waals surface area (Å²) in [6, 6.07) is 71.9. The van der Waals surface area contributed by atoms with E-state index in [2.05, 4.69) is 133 Å². The molecule has 0 N–H and O–H groups in total. The number of benzene rings is 8. The quantitative estimate of drug-likeness (QED) is 0.128. The van der Waals surface area contributed by atoms with Crippen LogP contribution in [0.2, 0.25) is 0 Å². The molecule has 53 heavy (non-hydrogen) atoms. The lowest BCUT2D eigenvalue weighted by Gasteiger charge is -2.34. The summed E-state index contributed by atoms with van der Waals surface area (Å²) < 4.78 is 15.3. The zero-order valence-corrected chi connectivity index (χ0v) is 29.8. The van der Waals surface area contributed by atoms with E-state index in [1.807, 2.05) is 72.8 Å². The molecule has 10 rings (SSSR count). The normalized spacial score (nSPS) is 13.1. The van der Waals surface area contributed by atoms with Crippen molar-refractivity contribution in [2.75, 3.05) is 0 Å². The zero-order chi connectivity index (χ0) is 35.4. The Morgan fingerprint density at radius 2 is 0.925 bits per heavy atom. The number of aromatic nitrogens is 1. The first kappa shape index (κ1) is 31.4. The first-order chi connectivity index (χ1) is 26.2. The van der Waals surface area contributed by atoms with Crippen molar-refractivity contribution >= 4 is 44.7 Å². The average Bonchev–Trinajstić information content (AvgIpc) is 3.55. The van der Waals surface area contributed by atoms with Gasteiger partial charge in [0.2, 0.25) is 0 Å². The van der Waals surface area contributed by atoms with Crippen LogP contribution in [0.15, 0.2) is 206 Å². The van der Waals surface area contributed by atoms with Crippen molar-refractivity contribution in [3.8, 4) is 22.4 Å². The lowest BCUT2D eigenvalue weighted by Crippen LogP contribution is -2.28. The van der Waals surface area contributed by atoms with Gasteiger partial charge in [0.1, 0.15) is 0 Å². The molecule has 0 fully saturated rings. The van der Waals surface area contributed by atoms with Gasteiger partial charge in [0.05, 0.1) is 16.6 Å². The molecular weight excluding hydrogens is 662 g/mol. The molecule has 3 heteroatoms. The molecule has 8 aromatic carbocycles. The third kappa shape index (κ3) is 4.66. The van der Waals surface area contributed by atoms with Gasteiger partial charge in [-0.3, -0.25) is 0 Å². The molecule has 0 unspecified atom stereocenters. The zero-order valence-electron chi connectivity index (χ0n) is 28.9. The van der Waals surface area contributed by atoms with Gasteiger partial charge < -0.3 is 4.57 Å². The van der Waals surface area contributed by atoms with E-state index in [9.17, 15) is 0 Å². The molecule has 0 radical (unpaired) electrons. The van der Waals surface area contributed by atoms with Crippen molar-refractivity contribution in [1.82, 2.24) is 4.98 Å². The molecule has 0 saturated heterocycles. The maximum atomic E-state index is 15.3. The number of rotatable bonds is 6. The van der Waals surface area contributed by atoms with Gasteiger partial charge in [-0.1, -0.05) is 200 Å². The van der Waals surface area contributed by atoms with E-state index < -0.39 is 12.6 Å². The highest BCUT2D eigenvalue weighted by Gasteiger charge is 2.47. The molecule has 1 aliphatic carbocycles. The van der Waals surface area contributed by atoms with Crippen LogP contribution >= 0.6 is 7.14 Å². The number of fused-ring (bicyclic) bond motifs is 7. The summed E-state index contributed by atoms with van der Waals surface area (Å²) in [4.78, 5) is 5.46. The highest BCUT2D eigenvalue weighted by atomic mass is 31.2. The fraction of sp³-hybridized carbons (Fsp3) is 0.0200. The first-order valence-corrected chi connectivity index (χ1v) is 19.8. The van der Waals surface area contributed by atoms with Crippen molar-refractivity contribution < 1.29 is 4.57 Å². The lowest BCUT2D eigenvalue weighted by molar-refractivity contribution is 0.592. The Balaban J connectivity index is 1.27. The Bertz CT molecular complexity index is 2750. The first-order valence-electron chi connectivity index (χ1n) is 18.1. The second-order valence-corrected chi connectivity index (χ2v) is 16.5. The molecule has 0 aliphatic heterocycles. The van der Waals surface area contributed by atoms with Gasteiger partial charge in [0.25, 0.3) is 0 Å². The third-order valence-electron chi connectivity index (χ3n) is 11.0. The Kier molecular flexibility index (Phi) is 7.35. The summed E-state index contributed by atoms with van der Waals surface area (Å²) >= 11 is 0. The second kappa shape index (κ2) is 12.4. The number of hydrogen-bond acceptors (Lipinski definition) is 2. The van der Waals surface area contributed by atoms with Crippen molar-refractivity contribution in [3.63, 3.8) is 0 Å². The summed E-state index contributed by atoms with van der Waals surface area (Å²) in [5.41, 5.74) is 9.73. The fourth-order valence-electron chi connectivity index (χ4n) is 8.74. The minimum atomic E-state index is -3.14.